The van der Waals surface area contributed by atoms with E-state index in [1.54, 1.807) is 7.11 Å². The molecule has 2 rings (SSSR count). The summed E-state index contributed by atoms with van der Waals surface area (Å²) in [7, 11) is 1.58. The van der Waals surface area contributed by atoms with Gasteiger partial charge in [-0.3, -0.25) is 4.79 Å². The number of aryl methyl sites for hydroxylation is 1. The second kappa shape index (κ2) is 6.58. The number of aliphatic hydroxyl groups excluding tert-OH is 1. The standard InChI is InChI=1S/C15H19NO5/c1-21-12-4-2-3-10(7-12)5-6-14(18)16-9-11(17)8-13(16)15(19)20/h2-4,7,11,13,17H,5-6,8-9H2,1H3,(H,19,20)/t11-,13-/m1/s1. The number of carbonyl (C=O) groups excluding carboxylic acids is 1. The molecule has 1 saturated heterocycles. The number of β-amino-alcohol motifs (C(OH)–C–C–N with tert-alkyl or cyclic N) is 1. The van der Waals surface area contributed by atoms with Gasteiger partial charge in [0.25, 0.3) is 0 Å². The molecule has 114 valence electrons. The van der Waals surface area contributed by atoms with Crippen LogP contribution in [-0.2, 0) is 16.0 Å². The molecule has 1 aliphatic heterocycles. The van der Waals surface area contributed by atoms with E-state index in [1.807, 2.05) is 24.3 Å². The van der Waals surface area contributed by atoms with Crippen LogP contribution in [0, 0.1) is 0 Å². The number of aliphatic carboxylic acids is 1. The lowest BCUT2D eigenvalue weighted by molar-refractivity contribution is -0.148. The Labute approximate surface area is 122 Å². The van der Waals surface area contributed by atoms with Gasteiger partial charge in [-0.15, -0.1) is 0 Å². The summed E-state index contributed by atoms with van der Waals surface area (Å²) in [6, 6.07) is 6.49. The highest BCUT2D eigenvalue weighted by atomic mass is 16.5. The van der Waals surface area contributed by atoms with Crippen molar-refractivity contribution in [3.63, 3.8) is 0 Å². The van der Waals surface area contributed by atoms with Crippen LogP contribution in [0.5, 0.6) is 5.75 Å². The number of hydrogen-bond acceptors (Lipinski definition) is 4. The Morgan fingerprint density at radius 3 is 2.86 bits per heavy atom. The number of rotatable bonds is 5. The number of benzene rings is 1. The zero-order valence-corrected chi connectivity index (χ0v) is 11.9. The molecule has 0 bridgehead atoms. The third-order valence-electron chi connectivity index (χ3n) is 3.65. The molecular formula is C15H19NO5. The number of hydrogen-bond donors (Lipinski definition) is 2. The van der Waals surface area contributed by atoms with E-state index in [0.717, 1.165) is 11.3 Å². The molecule has 2 atom stereocenters. The number of carboxylic acid groups (broad SMARTS) is 1. The maximum Gasteiger partial charge on any atom is 0.326 e. The SMILES string of the molecule is COc1cccc(CCC(=O)N2C[C@H](O)C[C@@H]2C(=O)O)c1. The van der Waals surface area contributed by atoms with Crippen molar-refractivity contribution in [3.8, 4) is 5.75 Å². The van der Waals surface area contributed by atoms with Gasteiger partial charge in [-0.05, 0) is 24.1 Å². The average Bonchev–Trinajstić information content (AvgIpc) is 2.87. The summed E-state index contributed by atoms with van der Waals surface area (Å²) in [4.78, 5) is 24.5. The lowest BCUT2D eigenvalue weighted by Crippen LogP contribution is -2.40. The highest BCUT2D eigenvalue weighted by molar-refractivity contribution is 5.84. The predicted octanol–water partition coefficient (Wildman–Crippen LogP) is 0.674. The summed E-state index contributed by atoms with van der Waals surface area (Å²) < 4.78 is 5.12. The van der Waals surface area contributed by atoms with Crippen molar-refractivity contribution in [1.29, 1.82) is 0 Å². The lowest BCUT2D eigenvalue weighted by Gasteiger charge is -2.21. The maximum atomic E-state index is 12.2. The molecule has 0 saturated carbocycles. The van der Waals surface area contributed by atoms with Crippen molar-refractivity contribution in [2.45, 2.75) is 31.4 Å². The topological polar surface area (TPSA) is 87.1 Å². The van der Waals surface area contributed by atoms with Crippen molar-refractivity contribution in [3.05, 3.63) is 29.8 Å². The van der Waals surface area contributed by atoms with Crippen LogP contribution in [0.15, 0.2) is 24.3 Å². The van der Waals surface area contributed by atoms with Crippen LogP contribution >= 0.6 is 0 Å². The van der Waals surface area contributed by atoms with E-state index >= 15 is 0 Å². The van der Waals surface area contributed by atoms with Crippen molar-refractivity contribution in [2.75, 3.05) is 13.7 Å². The van der Waals surface area contributed by atoms with E-state index in [2.05, 4.69) is 0 Å². The Balaban J connectivity index is 1.96. The average molecular weight is 293 g/mol. The highest BCUT2D eigenvalue weighted by Gasteiger charge is 2.38. The first-order valence-corrected chi connectivity index (χ1v) is 6.84. The van der Waals surface area contributed by atoms with E-state index in [4.69, 9.17) is 9.84 Å². The number of carboxylic acids is 1. The Morgan fingerprint density at radius 2 is 2.19 bits per heavy atom. The fraction of sp³-hybridized carbons (Fsp3) is 0.467. The molecule has 0 spiro atoms. The number of ether oxygens (including phenoxy) is 1. The normalized spacial score (nSPS) is 21.3. The Morgan fingerprint density at radius 1 is 1.43 bits per heavy atom. The van der Waals surface area contributed by atoms with E-state index in [-0.39, 0.29) is 25.3 Å². The molecule has 1 aliphatic rings. The second-order valence-electron chi connectivity index (χ2n) is 5.14. The third kappa shape index (κ3) is 3.72. The van der Waals surface area contributed by atoms with Gasteiger partial charge in [-0.2, -0.15) is 0 Å². The summed E-state index contributed by atoms with van der Waals surface area (Å²) >= 11 is 0. The number of aliphatic hydroxyl groups is 1. The minimum absolute atomic E-state index is 0.0912. The summed E-state index contributed by atoms with van der Waals surface area (Å²) in [6.45, 7) is 0.0912. The molecule has 0 aliphatic carbocycles. The number of nitrogens with zero attached hydrogens (tertiary/aromatic N) is 1. The zero-order chi connectivity index (χ0) is 15.4. The molecule has 0 aromatic heterocycles. The molecular weight excluding hydrogens is 274 g/mol. The molecule has 1 heterocycles. The zero-order valence-electron chi connectivity index (χ0n) is 11.9. The van der Waals surface area contributed by atoms with Crippen LogP contribution in [-0.4, -0.2) is 52.8 Å². The third-order valence-corrected chi connectivity index (χ3v) is 3.65. The Hall–Kier alpha value is -2.08. The smallest absolute Gasteiger partial charge is 0.326 e. The molecule has 1 fully saturated rings. The molecule has 21 heavy (non-hydrogen) atoms. The highest BCUT2D eigenvalue weighted by Crippen LogP contribution is 2.20. The van der Waals surface area contributed by atoms with Crippen LogP contribution < -0.4 is 4.74 Å². The van der Waals surface area contributed by atoms with Crippen molar-refractivity contribution >= 4 is 11.9 Å². The van der Waals surface area contributed by atoms with Crippen molar-refractivity contribution < 1.29 is 24.5 Å². The van der Waals surface area contributed by atoms with E-state index in [1.165, 1.54) is 4.90 Å². The summed E-state index contributed by atoms with van der Waals surface area (Å²) in [6.07, 6.45) is 0.0608. The second-order valence-corrected chi connectivity index (χ2v) is 5.14. The fourth-order valence-corrected chi connectivity index (χ4v) is 2.55. The van der Waals surface area contributed by atoms with E-state index in [0.29, 0.717) is 6.42 Å². The number of carbonyl (C=O) groups is 2. The van der Waals surface area contributed by atoms with Gasteiger partial charge < -0.3 is 19.8 Å². The lowest BCUT2D eigenvalue weighted by atomic mass is 10.1. The number of amides is 1. The molecule has 0 radical (unpaired) electrons. The van der Waals surface area contributed by atoms with Gasteiger partial charge >= 0.3 is 5.97 Å². The fourth-order valence-electron chi connectivity index (χ4n) is 2.55. The number of likely N-dealkylation sites (tertiary alicyclic amines) is 1. The van der Waals surface area contributed by atoms with Gasteiger partial charge in [0.1, 0.15) is 11.8 Å². The molecule has 1 aromatic carbocycles. The van der Waals surface area contributed by atoms with Gasteiger partial charge in [0.2, 0.25) is 5.91 Å². The van der Waals surface area contributed by atoms with Crippen LogP contribution in [0.2, 0.25) is 0 Å². The Kier molecular flexibility index (Phi) is 4.80. The van der Waals surface area contributed by atoms with Gasteiger partial charge in [0.05, 0.1) is 13.2 Å². The molecule has 1 aromatic rings. The predicted molar refractivity (Wildman–Crippen MR) is 75.1 cm³/mol. The number of methoxy groups -OCH3 is 1. The van der Waals surface area contributed by atoms with Crippen molar-refractivity contribution in [2.24, 2.45) is 0 Å². The van der Waals surface area contributed by atoms with E-state index in [9.17, 15) is 14.7 Å². The van der Waals surface area contributed by atoms with Gasteiger partial charge in [0.15, 0.2) is 0 Å². The van der Waals surface area contributed by atoms with Gasteiger partial charge in [-0.1, -0.05) is 12.1 Å². The first-order chi connectivity index (χ1) is 10.0. The summed E-state index contributed by atoms with van der Waals surface area (Å²) in [5, 5.41) is 18.6. The van der Waals surface area contributed by atoms with Crippen LogP contribution in [0.4, 0.5) is 0 Å². The minimum Gasteiger partial charge on any atom is -0.497 e. The van der Waals surface area contributed by atoms with Crippen molar-refractivity contribution in [1.82, 2.24) is 4.90 Å². The maximum absolute atomic E-state index is 12.2. The first kappa shape index (κ1) is 15.3. The van der Waals surface area contributed by atoms with Gasteiger partial charge in [-0.25, -0.2) is 4.79 Å². The first-order valence-electron chi connectivity index (χ1n) is 6.84. The molecule has 6 heteroatoms. The quantitative estimate of drug-likeness (QED) is 0.833. The van der Waals surface area contributed by atoms with Crippen LogP contribution in [0.25, 0.3) is 0 Å². The molecule has 6 nitrogen and oxygen atoms in total. The molecule has 0 unspecified atom stereocenters. The van der Waals surface area contributed by atoms with Gasteiger partial charge in [0, 0.05) is 19.4 Å². The summed E-state index contributed by atoms with van der Waals surface area (Å²) in [5.41, 5.74) is 0.953. The molecule has 2 N–H and O–H groups in total. The monoisotopic (exact) mass is 293 g/mol. The van der Waals surface area contributed by atoms with Crippen LogP contribution in [0.3, 0.4) is 0 Å². The van der Waals surface area contributed by atoms with Crippen LogP contribution in [0.1, 0.15) is 18.4 Å². The molecule has 1 amide bonds. The Bertz CT molecular complexity index is 531. The largest absolute Gasteiger partial charge is 0.497 e. The summed E-state index contributed by atoms with van der Waals surface area (Å²) in [5.74, 6) is -0.594. The van der Waals surface area contributed by atoms with E-state index < -0.39 is 18.1 Å². The minimum atomic E-state index is -1.07.